The fourth-order valence-corrected chi connectivity index (χ4v) is 0.794. The van der Waals surface area contributed by atoms with Crippen molar-refractivity contribution in [3.05, 3.63) is 42.2 Å². The van der Waals surface area contributed by atoms with Crippen LogP contribution in [-0.4, -0.2) is 0 Å². The van der Waals surface area contributed by atoms with E-state index in [-0.39, 0.29) is 5.82 Å². The van der Waals surface area contributed by atoms with Crippen LogP contribution in [0.4, 0.5) is 5.69 Å². The van der Waals surface area contributed by atoms with Crippen LogP contribution in [0.2, 0.25) is 0 Å². The molecular formula is C9H11N3. The summed E-state index contributed by atoms with van der Waals surface area (Å²) in [6.07, 6.45) is 0. The molecule has 0 aliphatic rings. The van der Waals surface area contributed by atoms with Gasteiger partial charge >= 0.3 is 0 Å². The highest BCUT2D eigenvalue weighted by Gasteiger charge is 1.92. The van der Waals surface area contributed by atoms with Crippen molar-refractivity contribution in [3.63, 3.8) is 0 Å². The van der Waals surface area contributed by atoms with E-state index < -0.39 is 0 Å². The zero-order valence-corrected chi connectivity index (χ0v) is 6.99. The van der Waals surface area contributed by atoms with Crippen LogP contribution >= 0.6 is 0 Å². The fourth-order valence-electron chi connectivity index (χ4n) is 0.794. The molecule has 0 heterocycles. The summed E-state index contributed by atoms with van der Waals surface area (Å²) in [6.45, 7) is 5.38. The van der Waals surface area contributed by atoms with E-state index in [2.05, 4.69) is 16.8 Å². The number of benzene rings is 1. The van der Waals surface area contributed by atoms with Gasteiger partial charge in [-0.1, -0.05) is 24.8 Å². The summed E-state index contributed by atoms with van der Waals surface area (Å²) in [4.78, 5) is 0. The summed E-state index contributed by atoms with van der Waals surface area (Å²) in [5, 5.41) is 7.57. The lowest BCUT2D eigenvalue weighted by Gasteiger charge is -1.95. The molecule has 0 saturated heterocycles. The Kier molecular flexibility index (Phi) is 2.58. The van der Waals surface area contributed by atoms with E-state index >= 15 is 0 Å². The number of hydrogen-bond acceptors (Lipinski definition) is 3. The second-order valence-corrected chi connectivity index (χ2v) is 2.48. The largest absolute Gasteiger partial charge is 0.383 e. The Morgan fingerprint density at radius 1 is 1.42 bits per heavy atom. The molecule has 62 valence electrons. The maximum atomic E-state index is 5.24. The minimum Gasteiger partial charge on any atom is -0.383 e. The van der Waals surface area contributed by atoms with Crippen LogP contribution in [0.1, 0.15) is 5.56 Å². The Morgan fingerprint density at radius 3 is 2.67 bits per heavy atom. The molecule has 0 amide bonds. The summed E-state index contributed by atoms with van der Waals surface area (Å²) in [5.41, 5.74) is 7.13. The van der Waals surface area contributed by atoms with E-state index in [9.17, 15) is 0 Å². The lowest BCUT2D eigenvalue weighted by atomic mass is 10.2. The van der Waals surface area contributed by atoms with Crippen molar-refractivity contribution >= 4 is 5.69 Å². The summed E-state index contributed by atoms with van der Waals surface area (Å²) >= 11 is 0. The van der Waals surface area contributed by atoms with Gasteiger partial charge in [0.15, 0.2) is 0 Å². The summed E-state index contributed by atoms with van der Waals surface area (Å²) < 4.78 is 0. The first-order valence-electron chi connectivity index (χ1n) is 3.62. The molecule has 0 atom stereocenters. The lowest BCUT2D eigenvalue weighted by Crippen LogP contribution is -1.87. The van der Waals surface area contributed by atoms with Gasteiger partial charge < -0.3 is 5.73 Å². The molecule has 1 aromatic rings. The Labute approximate surface area is 71.6 Å². The van der Waals surface area contributed by atoms with E-state index in [4.69, 9.17) is 5.73 Å². The maximum Gasteiger partial charge on any atom is 0.138 e. The second-order valence-electron chi connectivity index (χ2n) is 2.48. The first-order valence-corrected chi connectivity index (χ1v) is 3.62. The number of nitrogens with zero attached hydrogens (tertiary/aromatic N) is 2. The van der Waals surface area contributed by atoms with Crippen molar-refractivity contribution in [1.82, 2.24) is 0 Å². The molecule has 0 radical (unpaired) electrons. The summed E-state index contributed by atoms with van der Waals surface area (Å²) in [7, 11) is 0. The fraction of sp³-hybridized carbons (Fsp3) is 0.111. The summed E-state index contributed by atoms with van der Waals surface area (Å²) in [6, 6.07) is 7.70. The summed E-state index contributed by atoms with van der Waals surface area (Å²) in [5.74, 6) is 0.221. The third-order valence-corrected chi connectivity index (χ3v) is 1.40. The van der Waals surface area contributed by atoms with Crippen LogP contribution < -0.4 is 5.73 Å². The number of azo groups is 1. The van der Waals surface area contributed by atoms with Gasteiger partial charge in [-0.05, 0) is 18.6 Å². The van der Waals surface area contributed by atoms with E-state index in [1.54, 1.807) is 0 Å². The van der Waals surface area contributed by atoms with Gasteiger partial charge in [0.2, 0.25) is 0 Å². The van der Waals surface area contributed by atoms with Crippen LogP contribution in [0, 0.1) is 6.92 Å². The van der Waals surface area contributed by atoms with E-state index in [0.29, 0.717) is 0 Å². The normalized spacial score (nSPS) is 10.4. The molecule has 1 aromatic carbocycles. The van der Waals surface area contributed by atoms with Gasteiger partial charge in [-0.15, -0.1) is 10.2 Å². The monoisotopic (exact) mass is 161 g/mol. The molecule has 2 N–H and O–H groups in total. The van der Waals surface area contributed by atoms with Gasteiger partial charge in [0.05, 0.1) is 5.69 Å². The second kappa shape index (κ2) is 3.67. The number of hydrogen-bond donors (Lipinski definition) is 1. The zero-order valence-electron chi connectivity index (χ0n) is 6.99. The van der Waals surface area contributed by atoms with Crippen molar-refractivity contribution in [1.29, 1.82) is 0 Å². The Hall–Kier alpha value is -1.64. The minimum atomic E-state index is 0.221. The number of aryl methyl sites for hydroxylation is 1. The average Bonchev–Trinajstić information content (AvgIpc) is 2.03. The van der Waals surface area contributed by atoms with Gasteiger partial charge in [0.25, 0.3) is 0 Å². The van der Waals surface area contributed by atoms with E-state index in [1.165, 1.54) is 0 Å². The smallest absolute Gasteiger partial charge is 0.138 e. The molecule has 3 nitrogen and oxygen atoms in total. The Morgan fingerprint density at radius 2 is 2.08 bits per heavy atom. The Bertz CT molecular complexity index is 315. The third-order valence-electron chi connectivity index (χ3n) is 1.40. The maximum absolute atomic E-state index is 5.24. The quantitative estimate of drug-likeness (QED) is 0.665. The number of rotatable bonds is 2. The predicted molar refractivity (Wildman–Crippen MR) is 49.0 cm³/mol. The molecule has 0 fully saturated rings. The van der Waals surface area contributed by atoms with E-state index in [1.807, 2.05) is 31.2 Å². The predicted octanol–water partition coefficient (Wildman–Crippen LogP) is 2.51. The van der Waals surface area contributed by atoms with Crippen LogP contribution in [0.5, 0.6) is 0 Å². The van der Waals surface area contributed by atoms with Gasteiger partial charge in [-0.2, -0.15) is 0 Å². The van der Waals surface area contributed by atoms with Gasteiger partial charge in [0, 0.05) is 0 Å². The van der Waals surface area contributed by atoms with Crippen LogP contribution in [0.3, 0.4) is 0 Å². The molecule has 12 heavy (non-hydrogen) atoms. The molecule has 1 rings (SSSR count). The molecule has 0 saturated carbocycles. The van der Waals surface area contributed by atoms with Crippen LogP contribution in [0.25, 0.3) is 0 Å². The standard InChI is InChI=1S/C9H11N3/c1-7-5-3-4-6-9(7)12-11-8(2)10/h3-6H,2,10H2,1H3/b12-11-. The lowest BCUT2D eigenvalue weighted by molar-refractivity contribution is 1.10. The molecule has 0 unspecified atom stereocenters. The van der Waals surface area contributed by atoms with Crippen LogP contribution in [-0.2, 0) is 0 Å². The van der Waals surface area contributed by atoms with E-state index in [0.717, 1.165) is 11.3 Å². The third kappa shape index (κ3) is 2.20. The molecule has 0 spiro atoms. The molecule has 0 aliphatic carbocycles. The highest BCUT2D eigenvalue weighted by molar-refractivity contribution is 5.43. The van der Waals surface area contributed by atoms with Gasteiger partial charge in [0.1, 0.15) is 5.82 Å². The first-order chi connectivity index (χ1) is 5.70. The average molecular weight is 161 g/mol. The minimum absolute atomic E-state index is 0.221. The van der Waals surface area contributed by atoms with Gasteiger partial charge in [-0.25, -0.2) is 0 Å². The van der Waals surface area contributed by atoms with Crippen molar-refractivity contribution in [2.45, 2.75) is 6.92 Å². The van der Waals surface area contributed by atoms with Crippen molar-refractivity contribution < 1.29 is 0 Å². The highest BCUT2D eigenvalue weighted by Crippen LogP contribution is 2.17. The SMILES string of the molecule is C=C(N)/N=N\c1ccccc1C. The first kappa shape index (κ1) is 8.46. The van der Waals surface area contributed by atoms with Gasteiger partial charge in [-0.3, -0.25) is 0 Å². The van der Waals surface area contributed by atoms with Crippen molar-refractivity contribution in [3.8, 4) is 0 Å². The van der Waals surface area contributed by atoms with Crippen molar-refractivity contribution in [2.75, 3.05) is 0 Å². The molecular weight excluding hydrogens is 150 g/mol. The zero-order chi connectivity index (χ0) is 8.97. The number of nitrogens with two attached hydrogens (primary N) is 1. The Balaban J connectivity index is 2.89. The highest BCUT2D eigenvalue weighted by atomic mass is 15.1. The molecule has 3 heteroatoms. The molecule has 0 aromatic heterocycles. The molecule has 0 aliphatic heterocycles. The van der Waals surface area contributed by atoms with Crippen molar-refractivity contribution in [2.24, 2.45) is 16.0 Å². The topological polar surface area (TPSA) is 50.7 Å². The van der Waals surface area contributed by atoms with Crippen LogP contribution in [0.15, 0.2) is 46.9 Å². The molecule has 0 bridgehead atoms.